The number of nitrogens with one attached hydrogen (secondary N) is 1. The van der Waals surface area contributed by atoms with Crippen molar-refractivity contribution in [3.05, 3.63) is 71.3 Å². The molecule has 0 bridgehead atoms. The third-order valence-electron chi connectivity index (χ3n) is 4.93. The van der Waals surface area contributed by atoms with Gasteiger partial charge in [0, 0.05) is 50.8 Å². The summed E-state index contributed by atoms with van der Waals surface area (Å²) in [5.74, 6) is -0.268. The molecule has 2 aromatic rings. The molecule has 1 N–H and O–H groups in total. The predicted molar refractivity (Wildman–Crippen MR) is 107 cm³/mol. The molecule has 3 rings (SSSR count). The van der Waals surface area contributed by atoms with Gasteiger partial charge in [-0.3, -0.25) is 14.4 Å². The molecule has 6 heteroatoms. The number of piperazine rings is 1. The third kappa shape index (κ3) is 4.97. The normalized spacial score (nSPS) is 13.9. The highest BCUT2D eigenvalue weighted by atomic mass is 16.2. The molecule has 1 saturated heterocycles. The number of amides is 3. The van der Waals surface area contributed by atoms with Crippen molar-refractivity contribution in [1.29, 1.82) is 0 Å². The molecule has 6 nitrogen and oxygen atoms in total. The number of rotatable bonds is 5. The van der Waals surface area contributed by atoms with Crippen LogP contribution in [0.2, 0.25) is 0 Å². The summed E-state index contributed by atoms with van der Waals surface area (Å²) >= 11 is 0. The van der Waals surface area contributed by atoms with Gasteiger partial charge in [0.2, 0.25) is 5.91 Å². The number of benzene rings is 2. The average Bonchev–Trinajstić information content (AvgIpc) is 2.74. The van der Waals surface area contributed by atoms with Crippen molar-refractivity contribution in [2.75, 3.05) is 32.7 Å². The van der Waals surface area contributed by atoms with Crippen LogP contribution >= 0.6 is 0 Å². The standard InChI is InChI=1S/C22H25N3O3/c1-17(26)24-12-14-25(15-13-24)22(28)20-9-5-8-19(16-20)21(27)23-11-10-18-6-3-2-4-7-18/h2-9,16H,10-15H2,1H3,(H,23,27). The zero-order valence-corrected chi connectivity index (χ0v) is 16.1. The van der Waals surface area contributed by atoms with Gasteiger partial charge in [0.1, 0.15) is 0 Å². The minimum absolute atomic E-state index is 0.0290. The van der Waals surface area contributed by atoms with Gasteiger partial charge in [-0.1, -0.05) is 36.4 Å². The second-order valence-corrected chi connectivity index (χ2v) is 6.87. The van der Waals surface area contributed by atoms with E-state index in [1.165, 1.54) is 6.92 Å². The molecular formula is C22H25N3O3. The summed E-state index contributed by atoms with van der Waals surface area (Å²) < 4.78 is 0. The van der Waals surface area contributed by atoms with Gasteiger partial charge in [-0.2, -0.15) is 0 Å². The third-order valence-corrected chi connectivity index (χ3v) is 4.93. The highest BCUT2D eigenvalue weighted by Gasteiger charge is 2.23. The van der Waals surface area contributed by atoms with E-state index in [4.69, 9.17) is 0 Å². The first kappa shape index (κ1) is 19.6. The van der Waals surface area contributed by atoms with Crippen molar-refractivity contribution in [3.8, 4) is 0 Å². The van der Waals surface area contributed by atoms with Crippen molar-refractivity contribution in [1.82, 2.24) is 15.1 Å². The van der Waals surface area contributed by atoms with E-state index in [9.17, 15) is 14.4 Å². The lowest BCUT2D eigenvalue weighted by Crippen LogP contribution is -2.50. The average molecular weight is 379 g/mol. The topological polar surface area (TPSA) is 69.7 Å². The molecule has 3 amide bonds. The number of hydrogen-bond donors (Lipinski definition) is 1. The van der Waals surface area contributed by atoms with Gasteiger partial charge in [0.25, 0.3) is 11.8 Å². The van der Waals surface area contributed by atoms with Crippen LogP contribution in [-0.4, -0.2) is 60.2 Å². The Kier molecular flexibility index (Phi) is 6.42. The van der Waals surface area contributed by atoms with Crippen molar-refractivity contribution in [2.24, 2.45) is 0 Å². The van der Waals surface area contributed by atoms with Crippen LogP contribution in [0.4, 0.5) is 0 Å². The summed E-state index contributed by atoms with van der Waals surface area (Å²) in [6.45, 7) is 4.17. The van der Waals surface area contributed by atoms with E-state index in [1.54, 1.807) is 34.1 Å². The Labute approximate surface area is 165 Å². The number of hydrogen-bond acceptors (Lipinski definition) is 3. The Morgan fingerprint density at radius 3 is 2.18 bits per heavy atom. The minimum atomic E-state index is -0.188. The van der Waals surface area contributed by atoms with E-state index >= 15 is 0 Å². The zero-order chi connectivity index (χ0) is 19.9. The largest absolute Gasteiger partial charge is 0.352 e. The maximum atomic E-state index is 12.7. The molecule has 0 saturated carbocycles. The molecule has 146 valence electrons. The first-order valence-corrected chi connectivity index (χ1v) is 9.51. The van der Waals surface area contributed by atoms with Gasteiger partial charge < -0.3 is 15.1 Å². The maximum absolute atomic E-state index is 12.7. The highest BCUT2D eigenvalue weighted by Crippen LogP contribution is 2.11. The lowest BCUT2D eigenvalue weighted by Gasteiger charge is -2.34. The maximum Gasteiger partial charge on any atom is 0.253 e. The minimum Gasteiger partial charge on any atom is -0.352 e. The van der Waals surface area contributed by atoms with Crippen molar-refractivity contribution in [3.63, 3.8) is 0 Å². The molecule has 0 spiro atoms. The fraction of sp³-hybridized carbons (Fsp3) is 0.318. The van der Waals surface area contributed by atoms with Crippen LogP contribution in [0.25, 0.3) is 0 Å². The number of carbonyl (C=O) groups excluding carboxylic acids is 3. The van der Waals surface area contributed by atoms with E-state index in [0.717, 1.165) is 12.0 Å². The molecule has 0 atom stereocenters. The van der Waals surface area contributed by atoms with E-state index < -0.39 is 0 Å². The summed E-state index contributed by atoms with van der Waals surface area (Å²) in [5, 5.41) is 2.90. The molecular weight excluding hydrogens is 354 g/mol. The van der Waals surface area contributed by atoms with E-state index in [2.05, 4.69) is 5.32 Å². The fourth-order valence-electron chi connectivity index (χ4n) is 3.27. The summed E-state index contributed by atoms with van der Waals surface area (Å²) in [4.78, 5) is 40.0. The first-order valence-electron chi connectivity index (χ1n) is 9.51. The molecule has 1 heterocycles. The molecule has 0 radical (unpaired) electrons. The van der Waals surface area contributed by atoms with Crippen LogP contribution in [0.5, 0.6) is 0 Å². The summed E-state index contributed by atoms with van der Waals surface area (Å²) in [6, 6.07) is 16.8. The molecule has 1 aliphatic heterocycles. The molecule has 28 heavy (non-hydrogen) atoms. The van der Waals surface area contributed by atoms with Crippen LogP contribution in [0.3, 0.4) is 0 Å². The van der Waals surface area contributed by atoms with Crippen LogP contribution in [0.15, 0.2) is 54.6 Å². The summed E-state index contributed by atoms with van der Waals surface area (Å²) in [5.41, 5.74) is 2.13. The van der Waals surface area contributed by atoms with Crippen LogP contribution in [-0.2, 0) is 11.2 Å². The zero-order valence-electron chi connectivity index (χ0n) is 16.1. The van der Waals surface area contributed by atoms with Crippen molar-refractivity contribution in [2.45, 2.75) is 13.3 Å². The molecule has 0 aromatic heterocycles. The second kappa shape index (κ2) is 9.17. The number of nitrogens with zero attached hydrogens (tertiary/aromatic N) is 2. The van der Waals surface area contributed by atoms with Crippen LogP contribution in [0.1, 0.15) is 33.2 Å². The van der Waals surface area contributed by atoms with Gasteiger partial charge in [-0.25, -0.2) is 0 Å². The quantitative estimate of drug-likeness (QED) is 0.863. The highest BCUT2D eigenvalue weighted by molar-refractivity contribution is 5.99. The first-order chi connectivity index (χ1) is 13.5. The Morgan fingerprint density at radius 1 is 0.857 bits per heavy atom. The van der Waals surface area contributed by atoms with E-state index in [-0.39, 0.29) is 17.7 Å². The fourth-order valence-corrected chi connectivity index (χ4v) is 3.27. The second-order valence-electron chi connectivity index (χ2n) is 6.87. The van der Waals surface area contributed by atoms with Crippen LogP contribution in [0, 0.1) is 0 Å². The Bertz CT molecular complexity index is 843. The number of carbonyl (C=O) groups is 3. The molecule has 2 aromatic carbocycles. The van der Waals surface area contributed by atoms with E-state index in [1.807, 2.05) is 30.3 Å². The van der Waals surface area contributed by atoms with Gasteiger partial charge in [0.15, 0.2) is 0 Å². The van der Waals surface area contributed by atoms with Crippen molar-refractivity contribution < 1.29 is 14.4 Å². The lowest BCUT2D eigenvalue weighted by atomic mass is 10.1. The summed E-state index contributed by atoms with van der Waals surface area (Å²) in [7, 11) is 0. The van der Waals surface area contributed by atoms with Gasteiger partial charge in [0.05, 0.1) is 0 Å². The molecule has 0 aliphatic carbocycles. The predicted octanol–water partition coefficient (Wildman–Crippen LogP) is 1.96. The van der Waals surface area contributed by atoms with Crippen molar-refractivity contribution >= 4 is 17.7 Å². The Morgan fingerprint density at radius 2 is 1.50 bits per heavy atom. The van der Waals surface area contributed by atoms with Gasteiger partial charge in [-0.05, 0) is 30.2 Å². The molecule has 1 fully saturated rings. The monoisotopic (exact) mass is 379 g/mol. The van der Waals surface area contributed by atoms with Gasteiger partial charge in [-0.15, -0.1) is 0 Å². The van der Waals surface area contributed by atoms with Gasteiger partial charge >= 0.3 is 0 Å². The summed E-state index contributed by atoms with van der Waals surface area (Å²) in [6.07, 6.45) is 0.756. The smallest absolute Gasteiger partial charge is 0.253 e. The molecule has 1 aliphatic rings. The van der Waals surface area contributed by atoms with Crippen LogP contribution < -0.4 is 5.32 Å². The van der Waals surface area contributed by atoms with E-state index in [0.29, 0.717) is 43.9 Å². The SMILES string of the molecule is CC(=O)N1CCN(C(=O)c2cccc(C(=O)NCCc3ccccc3)c2)CC1. The lowest BCUT2D eigenvalue weighted by molar-refractivity contribution is -0.130. The molecule has 0 unspecified atom stereocenters. The Balaban J connectivity index is 1.56. The Hall–Kier alpha value is -3.15.